The fraction of sp³-hybridized carbons (Fsp3) is 0.294. The lowest BCUT2D eigenvalue weighted by atomic mass is 9.99. The Morgan fingerprint density at radius 1 is 1.04 bits per heavy atom. The van der Waals surface area contributed by atoms with E-state index >= 15 is 0 Å². The molecule has 1 atom stereocenters. The molecule has 0 aliphatic carbocycles. The first kappa shape index (κ1) is 19.1. The summed E-state index contributed by atoms with van der Waals surface area (Å²) < 4.78 is 67.1. The van der Waals surface area contributed by atoms with Crippen molar-refractivity contribution >= 4 is 15.7 Å². The van der Waals surface area contributed by atoms with Crippen molar-refractivity contribution in [1.82, 2.24) is 0 Å². The van der Waals surface area contributed by atoms with Gasteiger partial charge in [0.1, 0.15) is 5.75 Å². The van der Waals surface area contributed by atoms with Gasteiger partial charge in [-0.3, -0.25) is 4.72 Å². The Morgan fingerprint density at radius 3 is 2.08 bits per heavy atom. The molecule has 25 heavy (non-hydrogen) atoms. The molecular weight excluding hydrogens is 355 g/mol. The molecule has 2 aromatic carbocycles. The van der Waals surface area contributed by atoms with Gasteiger partial charge in [0.05, 0.1) is 4.90 Å². The van der Waals surface area contributed by atoms with Crippen LogP contribution in [0.3, 0.4) is 0 Å². The zero-order valence-corrected chi connectivity index (χ0v) is 14.5. The average molecular weight is 373 g/mol. The maximum Gasteiger partial charge on any atom is 0.573 e. The predicted octanol–water partition coefficient (Wildman–Crippen LogP) is 4.90. The number of halogens is 3. The number of hydrogen-bond acceptors (Lipinski definition) is 3. The van der Waals surface area contributed by atoms with E-state index in [-0.39, 0.29) is 10.6 Å². The predicted molar refractivity (Wildman–Crippen MR) is 89.1 cm³/mol. The van der Waals surface area contributed by atoms with Crippen molar-refractivity contribution in [3.63, 3.8) is 0 Å². The Balaban J connectivity index is 2.13. The van der Waals surface area contributed by atoms with Gasteiger partial charge in [0.15, 0.2) is 0 Å². The molecule has 2 rings (SSSR count). The summed E-state index contributed by atoms with van der Waals surface area (Å²) in [5.74, 6) is -0.0979. The first-order valence-corrected chi connectivity index (χ1v) is 9.07. The number of benzene rings is 2. The molecular formula is C17H18F3NO3S. The average Bonchev–Trinajstić information content (AvgIpc) is 2.54. The third kappa shape index (κ3) is 5.38. The molecule has 136 valence electrons. The number of alkyl halides is 3. The Labute approximate surface area is 144 Å². The van der Waals surface area contributed by atoms with Gasteiger partial charge < -0.3 is 4.74 Å². The monoisotopic (exact) mass is 373 g/mol. The van der Waals surface area contributed by atoms with Gasteiger partial charge in [-0.25, -0.2) is 8.42 Å². The number of rotatable bonds is 6. The number of hydrogen-bond donors (Lipinski definition) is 1. The second-order valence-corrected chi connectivity index (χ2v) is 7.24. The first-order valence-electron chi connectivity index (χ1n) is 7.59. The van der Waals surface area contributed by atoms with Crippen molar-refractivity contribution in [3.8, 4) is 5.75 Å². The maximum absolute atomic E-state index is 12.3. The third-order valence-electron chi connectivity index (χ3n) is 3.71. The van der Waals surface area contributed by atoms with E-state index in [0.29, 0.717) is 5.92 Å². The number of nitrogens with one attached hydrogen (secondary N) is 1. The second kappa shape index (κ2) is 7.35. The summed E-state index contributed by atoms with van der Waals surface area (Å²) in [5, 5.41) is 0. The van der Waals surface area contributed by atoms with Crippen LogP contribution in [0.2, 0.25) is 0 Å². The SMILES string of the molecule is CC[C@H](C)c1ccc(S(=O)(=O)Nc2ccc(OC(F)(F)F)cc2)cc1. The second-order valence-electron chi connectivity index (χ2n) is 5.56. The molecule has 0 radical (unpaired) electrons. The van der Waals surface area contributed by atoms with E-state index < -0.39 is 22.1 Å². The molecule has 4 nitrogen and oxygen atoms in total. The molecule has 0 saturated heterocycles. The number of anilines is 1. The molecule has 0 amide bonds. The molecule has 2 aromatic rings. The Morgan fingerprint density at radius 2 is 1.60 bits per heavy atom. The van der Waals surface area contributed by atoms with Crippen LogP contribution in [0.1, 0.15) is 31.7 Å². The summed E-state index contributed by atoms with van der Waals surface area (Å²) in [5.41, 5.74) is 1.18. The van der Waals surface area contributed by atoms with Gasteiger partial charge in [-0.2, -0.15) is 0 Å². The Hall–Kier alpha value is -2.22. The van der Waals surface area contributed by atoms with Crippen molar-refractivity contribution in [2.75, 3.05) is 4.72 Å². The van der Waals surface area contributed by atoms with Crippen LogP contribution < -0.4 is 9.46 Å². The van der Waals surface area contributed by atoms with E-state index in [1.54, 1.807) is 12.1 Å². The molecule has 8 heteroatoms. The molecule has 0 aromatic heterocycles. The fourth-order valence-corrected chi connectivity index (χ4v) is 3.21. The summed E-state index contributed by atoms with van der Waals surface area (Å²) in [7, 11) is -3.82. The zero-order valence-electron chi connectivity index (χ0n) is 13.7. The highest BCUT2D eigenvalue weighted by Gasteiger charge is 2.31. The minimum Gasteiger partial charge on any atom is -0.406 e. The van der Waals surface area contributed by atoms with Gasteiger partial charge in [-0.1, -0.05) is 26.0 Å². The minimum absolute atomic E-state index is 0.0789. The van der Waals surface area contributed by atoms with E-state index in [0.717, 1.165) is 24.1 Å². The van der Waals surface area contributed by atoms with Crippen LogP contribution in [0.25, 0.3) is 0 Å². The molecule has 0 saturated carbocycles. The van der Waals surface area contributed by atoms with Gasteiger partial charge >= 0.3 is 6.36 Å². The summed E-state index contributed by atoms with van der Waals surface area (Å²) in [6, 6.07) is 11.0. The van der Waals surface area contributed by atoms with E-state index in [9.17, 15) is 21.6 Å². The molecule has 0 spiro atoms. The maximum atomic E-state index is 12.3. The highest BCUT2D eigenvalue weighted by atomic mass is 32.2. The third-order valence-corrected chi connectivity index (χ3v) is 5.11. The lowest BCUT2D eigenvalue weighted by Gasteiger charge is -2.12. The van der Waals surface area contributed by atoms with Crippen LogP contribution in [-0.4, -0.2) is 14.8 Å². The van der Waals surface area contributed by atoms with Crippen LogP contribution in [-0.2, 0) is 10.0 Å². The largest absolute Gasteiger partial charge is 0.573 e. The molecule has 0 aliphatic rings. The van der Waals surface area contributed by atoms with Gasteiger partial charge in [0.2, 0.25) is 0 Å². The molecule has 0 aliphatic heterocycles. The number of sulfonamides is 1. The summed E-state index contributed by atoms with van der Waals surface area (Å²) in [4.78, 5) is 0.0789. The van der Waals surface area contributed by atoms with Gasteiger partial charge in [0, 0.05) is 5.69 Å². The van der Waals surface area contributed by atoms with E-state index in [1.807, 2.05) is 13.8 Å². The van der Waals surface area contributed by atoms with E-state index in [1.165, 1.54) is 24.3 Å². The quantitative estimate of drug-likeness (QED) is 0.784. The smallest absolute Gasteiger partial charge is 0.406 e. The Kier molecular flexibility index (Phi) is 5.62. The van der Waals surface area contributed by atoms with Crippen molar-refractivity contribution in [1.29, 1.82) is 0 Å². The minimum atomic E-state index is -4.79. The van der Waals surface area contributed by atoms with Crippen molar-refractivity contribution < 1.29 is 26.3 Å². The summed E-state index contributed by atoms with van der Waals surface area (Å²) >= 11 is 0. The first-order chi connectivity index (χ1) is 11.6. The lowest BCUT2D eigenvalue weighted by molar-refractivity contribution is -0.274. The van der Waals surface area contributed by atoms with E-state index in [4.69, 9.17) is 0 Å². The van der Waals surface area contributed by atoms with Crippen LogP contribution in [0, 0.1) is 0 Å². The summed E-state index contributed by atoms with van der Waals surface area (Å²) in [6.07, 6.45) is -3.85. The molecule has 0 unspecified atom stereocenters. The van der Waals surface area contributed by atoms with Crippen molar-refractivity contribution in [2.24, 2.45) is 0 Å². The highest BCUT2D eigenvalue weighted by Crippen LogP contribution is 2.25. The van der Waals surface area contributed by atoms with Gasteiger partial charge in [-0.15, -0.1) is 13.2 Å². The standard InChI is InChI=1S/C17H18F3NO3S/c1-3-12(2)13-4-10-16(11-5-13)25(22,23)21-14-6-8-15(9-7-14)24-17(18,19)20/h4-12,21H,3H2,1-2H3/t12-/m0/s1. The fourth-order valence-electron chi connectivity index (χ4n) is 2.15. The summed E-state index contributed by atoms with van der Waals surface area (Å²) in [6.45, 7) is 4.09. The normalized spacial score (nSPS) is 13.3. The molecule has 0 bridgehead atoms. The zero-order chi connectivity index (χ0) is 18.7. The van der Waals surface area contributed by atoms with Crippen LogP contribution >= 0.6 is 0 Å². The van der Waals surface area contributed by atoms with Crippen LogP contribution in [0.5, 0.6) is 5.75 Å². The molecule has 0 heterocycles. The number of ether oxygens (including phenoxy) is 1. The van der Waals surface area contributed by atoms with Crippen LogP contribution in [0.15, 0.2) is 53.4 Å². The van der Waals surface area contributed by atoms with Gasteiger partial charge in [0.25, 0.3) is 10.0 Å². The van der Waals surface area contributed by atoms with Crippen molar-refractivity contribution in [2.45, 2.75) is 37.4 Å². The topological polar surface area (TPSA) is 55.4 Å². The molecule has 1 N–H and O–H groups in total. The van der Waals surface area contributed by atoms with Gasteiger partial charge in [-0.05, 0) is 54.3 Å². The lowest BCUT2D eigenvalue weighted by Crippen LogP contribution is -2.17. The Bertz CT molecular complexity index is 801. The van der Waals surface area contributed by atoms with Crippen molar-refractivity contribution in [3.05, 3.63) is 54.1 Å². The highest BCUT2D eigenvalue weighted by molar-refractivity contribution is 7.92. The van der Waals surface area contributed by atoms with E-state index in [2.05, 4.69) is 9.46 Å². The molecule has 0 fully saturated rings. The van der Waals surface area contributed by atoms with Crippen LogP contribution in [0.4, 0.5) is 18.9 Å².